The molecule has 1 amide bonds. The van der Waals surface area contributed by atoms with Gasteiger partial charge in [0.15, 0.2) is 5.96 Å². The van der Waals surface area contributed by atoms with Crippen molar-refractivity contribution in [3.05, 3.63) is 0 Å². The molecule has 1 unspecified atom stereocenters. The standard InChI is InChI=1S/C17H32N4O2S.HI/c1-4-18-16(20-14-6-7-15(22)21(3)12-14)19-13-17(24-5-2)8-10-23-11-9-17;/h14H,4-13H2,1-3H3,(H2,18,19,20);1H. The van der Waals surface area contributed by atoms with Crippen LogP contribution < -0.4 is 10.6 Å². The smallest absolute Gasteiger partial charge is 0.222 e. The second-order valence-electron chi connectivity index (χ2n) is 6.58. The predicted octanol–water partition coefficient (Wildman–Crippen LogP) is 2.08. The number of nitrogens with one attached hydrogen (secondary N) is 2. The molecule has 8 heteroatoms. The normalized spacial score (nSPS) is 23.8. The fraction of sp³-hybridized carbons (Fsp3) is 0.882. The fourth-order valence-corrected chi connectivity index (χ4v) is 4.49. The van der Waals surface area contributed by atoms with E-state index in [0.29, 0.717) is 6.42 Å². The van der Waals surface area contributed by atoms with E-state index in [1.165, 1.54) is 0 Å². The van der Waals surface area contributed by atoms with E-state index in [1.807, 2.05) is 18.8 Å². The summed E-state index contributed by atoms with van der Waals surface area (Å²) in [6, 6.07) is 0.273. The van der Waals surface area contributed by atoms with Crippen LogP contribution in [-0.2, 0) is 9.53 Å². The second kappa shape index (κ2) is 11.5. The van der Waals surface area contributed by atoms with Gasteiger partial charge < -0.3 is 20.3 Å². The van der Waals surface area contributed by atoms with E-state index in [1.54, 1.807) is 4.90 Å². The number of halogens is 1. The van der Waals surface area contributed by atoms with Crippen molar-refractivity contribution in [2.45, 2.75) is 50.3 Å². The molecule has 2 fully saturated rings. The van der Waals surface area contributed by atoms with Crippen LogP contribution in [-0.4, -0.2) is 73.2 Å². The number of carbonyl (C=O) groups is 1. The van der Waals surface area contributed by atoms with E-state index in [0.717, 1.165) is 63.8 Å². The highest BCUT2D eigenvalue weighted by atomic mass is 127. The maximum atomic E-state index is 11.6. The van der Waals surface area contributed by atoms with Gasteiger partial charge in [0.1, 0.15) is 0 Å². The van der Waals surface area contributed by atoms with Crippen LogP contribution in [0.1, 0.15) is 39.5 Å². The van der Waals surface area contributed by atoms with E-state index in [4.69, 9.17) is 9.73 Å². The van der Waals surface area contributed by atoms with Gasteiger partial charge in [-0.15, -0.1) is 24.0 Å². The van der Waals surface area contributed by atoms with Gasteiger partial charge in [-0.05, 0) is 31.9 Å². The van der Waals surface area contributed by atoms with Crippen molar-refractivity contribution >= 4 is 47.6 Å². The summed E-state index contributed by atoms with van der Waals surface area (Å²) in [5.41, 5.74) is 0. The molecular formula is C17H33IN4O2S. The number of nitrogens with zero attached hydrogens (tertiary/aromatic N) is 2. The lowest BCUT2D eigenvalue weighted by Gasteiger charge is -2.35. The van der Waals surface area contributed by atoms with Gasteiger partial charge in [0.05, 0.1) is 6.54 Å². The summed E-state index contributed by atoms with van der Waals surface area (Å²) < 4.78 is 5.74. The summed E-state index contributed by atoms with van der Waals surface area (Å²) in [4.78, 5) is 18.3. The molecule has 2 N–H and O–H groups in total. The van der Waals surface area contributed by atoms with Crippen LogP contribution >= 0.6 is 35.7 Å². The first-order valence-electron chi connectivity index (χ1n) is 9.09. The summed E-state index contributed by atoms with van der Waals surface area (Å²) >= 11 is 2.01. The third-order valence-corrected chi connectivity index (χ3v) is 6.13. The van der Waals surface area contributed by atoms with Crippen LogP contribution in [0.4, 0.5) is 0 Å². The van der Waals surface area contributed by atoms with Crippen molar-refractivity contribution in [1.29, 1.82) is 0 Å². The lowest BCUT2D eigenvalue weighted by atomic mass is 9.99. The zero-order valence-electron chi connectivity index (χ0n) is 15.7. The Balaban J connectivity index is 0.00000312. The first-order chi connectivity index (χ1) is 11.6. The molecule has 0 aliphatic carbocycles. The molecule has 6 nitrogen and oxygen atoms in total. The minimum atomic E-state index is 0. The quantitative estimate of drug-likeness (QED) is 0.344. The Morgan fingerprint density at radius 3 is 2.72 bits per heavy atom. The number of rotatable bonds is 6. The monoisotopic (exact) mass is 484 g/mol. The number of hydrogen-bond donors (Lipinski definition) is 2. The lowest BCUT2D eigenvalue weighted by Crippen LogP contribution is -2.52. The predicted molar refractivity (Wildman–Crippen MR) is 116 cm³/mol. The first-order valence-corrected chi connectivity index (χ1v) is 10.1. The largest absolute Gasteiger partial charge is 0.381 e. The number of hydrogen-bond acceptors (Lipinski definition) is 4. The van der Waals surface area contributed by atoms with Gasteiger partial charge in [-0.2, -0.15) is 11.8 Å². The number of likely N-dealkylation sites (N-methyl/N-ethyl adjacent to an activating group) is 1. The minimum Gasteiger partial charge on any atom is -0.381 e. The molecule has 2 heterocycles. The molecule has 25 heavy (non-hydrogen) atoms. The Hall–Kier alpha value is -0.220. The first kappa shape index (κ1) is 22.8. The molecule has 2 rings (SSSR count). The topological polar surface area (TPSA) is 66.0 Å². The van der Waals surface area contributed by atoms with Crippen LogP contribution in [0.5, 0.6) is 0 Å². The minimum absolute atomic E-state index is 0. The number of aliphatic imine (C=N–C) groups is 1. The molecule has 0 bridgehead atoms. The van der Waals surface area contributed by atoms with Crippen molar-refractivity contribution in [2.24, 2.45) is 4.99 Å². The van der Waals surface area contributed by atoms with Crippen molar-refractivity contribution < 1.29 is 9.53 Å². The van der Waals surface area contributed by atoms with Crippen LogP contribution in [0.25, 0.3) is 0 Å². The van der Waals surface area contributed by atoms with Crippen molar-refractivity contribution in [3.63, 3.8) is 0 Å². The fourth-order valence-electron chi connectivity index (χ4n) is 3.26. The molecular weight excluding hydrogens is 451 g/mol. The van der Waals surface area contributed by atoms with Crippen molar-refractivity contribution in [2.75, 3.05) is 45.6 Å². The van der Waals surface area contributed by atoms with Crippen LogP contribution in [0, 0.1) is 0 Å². The number of likely N-dealkylation sites (tertiary alicyclic amines) is 1. The summed E-state index contributed by atoms with van der Waals surface area (Å²) in [5, 5.41) is 6.86. The molecule has 0 radical (unpaired) electrons. The van der Waals surface area contributed by atoms with Gasteiger partial charge >= 0.3 is 0 Å². The van der Waals surface area contributed by atoms with Crippen LogP contribution in [0.3, 0.4) is 0 Å². The summed E-state index contributed by atoms with van der Waals surface area (Å²) in [7, 11) is 1.87. The highest BCUT2D eigenvalue weighted by Gasteiger charge is 2.32. The van der Waals surface area contributed by atoms with Crippen molar-refractivity contribution in [1.82, 2.24) is 15.5 Å². The number of ether oxygens (including phenoxy) is 1. The third kappa shape index (κ3) is 7.13. The number of thioether (sulfide) groups is 1. The highest BCUT2D eigenvalue weighted by molar-refractivity contribution is 14.0. The Morgan fingerprint density at radius 2 is 2.12 bits per heavy atom. The second-order valence-corrected chi connectivity index (χ2v) is 8.31. The summed E-state index contributed by atoms with van der Waals surface area (Å²) in [6.45, 7) is 8.36. The average Bonchev–Trinajstić information content (AvgIpc) is 2.57. The van der Waals surface area contributed by atoms with Gasteiger partial charge in [0, 0.05) is 50.6 Å². The molecule has 0 saturated carbocycles. The maximum Gasteiger partial charge on any atom is 0.222 e. The van der Waals surface area contributed by atoms with Crippen LogP contribution in [0.2, 0.25) is 0 Å². The molecule has 146 valence electrons. The molecule has 0 aromatic carbocycles. The summed E-state index contributed by atoms with van der Waals surface area (Å²) in [5.74, 6) is 2.21. The number of carbonyl (C=O) groups excluding carboxylic acids is 1. The van der Waals surface area contributed by atoms with E-state index in [-0.39, 0.29) is 40.7 Å². The van der Waals surface area contributed by atoms with E-state index in [2.05, 4.69) is 24.5 Å². The van der Waals surface area contributed by atoms with Gasteiger partial charge in [-0.3, -0.25) is 9.79 Å². The van der Waals surface area contributed by atoms with E-state index >= 15 is 0 Å². The molecule has 0 spiro atoms. The van der Waals surface area contributed by atoms with E-state index in [9.17, 15) is 4.79 Å². The SMILES string of the molecule is CCNC(=NCC1(SCC)CCOCC1)NC1CCC(=O)N(C)C1.I. The van der Waals surface area contributed by atoms with Gasteiger partial charge in [0.2, 0.25) is 5.91 Å². The lowest BCUT2D eigenvalue weighted by molar-refractivity contribution is -0.132. The molecule has 1 atom stereocenters. The molecule has 0 aromatic heterocycles. The average molecular weight is 484 g/mol. The molecule has 2 saturated heterocycles. The van der Waals surface area contributed by atoms with E-state index < -0.39 is 0 Å². The number of piperidine rings is 1. The Bertz CT molecular complexity index is 439. The highest BCUT2D eigenvalue weighted by Crippen LogP contribution is 2.35. The number of guanidine groups is 1. The van der Waals surface area contributed by atoms with Crippen molar-refractivity contribution in [3.8, 4) is 0 Å². The molecule has 0 aromatic rings. The van der Waals surface area contributed by atoms with Crippen LogP contribution in [0.15, 0.2) is 4.99 Å². The Labute approximate surface area is 173 Å². The third-order valence-electron chi connectivity index (χ3n) is 4.69. The van der Waals surface area contributed by atoms with Gasteiger partial charge in [0.25, 0.3) is 0 Å². The Kier molecular flexibility index (Phi) is 10.5. The maximum absolute atomic E-state index is 11.6. The zero-order valence-corrected chi connectivity index (χ0v) is 18.8. The molecule has 2 aliphatic rings. The molecule has 2 aliphatic heterocycles. The zero-order chi connectivity index (χ0) is 17.4. The number of amides is 1. The Morgan fingerprint density at radius 1 is 1.40 bits per heavy atom. The van der Waals surface area contributed by atoms with Gasteiger partial charge in [-0.25, -0.2) is 0 Å². The van der Waals surface area contributed by atoms with Gasteiger partial charge in [-0.1, -0.05) is 6.92 Å². The summed E-state index contributed by atoms with van der Waals surface area (Å²) in [6.07, 6.45) is 3.61.